The molecule has 1 amide bonds. The summed E-state index contributed by atoms with van der Waals surface area (Å²) in [5.74, 6) is 1.00. The Bertz CT molecular complexity index is 1170. The van der Waals surface area contributed by atoms with Crippen LogP contribution in [0.1, 0.15) is 42.9 Å². The number of esters is 1. The fraction of sp³-hybridized carbons (Fsp3) is 0.462. The Morgan fingerprint density at radius 1 is 1.17 bits per heavy atom. The van der Waals surface area contributed by atoms with Crippen molar-refractivity contribution in [3.05, 3.63) is 59.2 Å². The fourth-order valence-electron chi connectivity index (χ4n) is 6.18. The molecule has 2 aromatic carbocycles. The maximum Gasteiger partial charge on any atom is 0.317 e. The number of methoxy groups -OCH3 is 2. The molecule has 35 heavy (non-hydrogen) atoms. The predicted octanol–water partition coefficient (Wildman–Crippen LogP) is 4.06. The van der Waals surface area contributed by atoms with Crippen LogP contribution in [0.3, 0.4) is 0 Å². The van der Waals surface area contributed by atoms with Gasteiger partial charge in [0.15, 0.2) is 11.5 Å². The summed E-state index contributed by atoms with van der Waals surface area (Å²) in [7, 11) is 2.90. The lowest BCUT2D eigenvalue weighted by atomic mass is 9.62. The van der Waals surface area contributed by atoms with Crippen LogP contribution in [0.2, 0.25) is 0 Å². The second-order valence-corrected chi connectivity index (χ2v) is 10.6. The van der Waals surface area contributed by atoms with E-state index in [0.29, 0.717) is 31.6 Å². The van der Waals surface area contributed by atoms with Crippen molar-refractivity contribution < 1.29 is 33.9 Å². The summed E-state index contributed by atoms with van der Waals surface area (Å²) < 4.78 is 17.6. The lowest BCUT2D eigenvalue weighted by molar-refractivity contribution is -0.223. The molecule has 0 aromatic heterocycles. The number of carbonyl (C=O) groups is 2. The van der Waals surface area contributed by atoms with Crippen LogP contribution in [0.15, 0.2) is 42.5 Å². The Labute approximate surface area is 208 Å². The molecule has 0 radical (unpaired) electrons. The molecule has 5 rings (SSSR count). The number of hydrogen-bond acceptors (Lipinski definition) is 8. The smallest absolute Gasteiger partial charge is 0.317 e. The second kappa shape index (κ2) is 8.72. The molecule has 8 nitrogen and oxygen atoms in total. The van der Waals surface area contributed by atoms with Crippen LogP contribution in [-0.4, -0.2) is 48.6 Å². The van der Waals surface area contributed by atoms with E-state index >= 15 is 0 Å². The van der Waals surface area contributed by atoms with Gasteiger partial charge in [-0.3, -0.25) is 9.59 Å². The van der Waals surface area contributed by atoms with Crippen LogP contribution in [0.5, 0.6) is 11.5 Å². The third kappa shape index (κ3) is 3.21. The molecule has 3 aliphatic heterocycles. The van der Waals surface area contributed by atoms with Gasteiger partial charge in [-0.15, -0.1) is 11.8 Å². The molecule has 2 saturated heterocycles. The summed E-state index contributed by atoms with van der Waals surface area (Å²) in [5.41, 5.74) is 0.564. The maximum absolute atomic E-state index is 13.5. The van der Waals surface area contributed by atoms with E-state index in [1.165, 1.54) is 14.2 Å². The molecule has 0 saturated carbocycles. The lowest BCUT2D eigenvalue weighted by Crippen LogP contribution is -2.64. The van der Waals surface area contributed by atoms with E-state index in [-0.39, 0.29) is 24.0 Å². The van der Waals surface area contributed by atoms with Crippen LogP contribution < -0.4 is 9.62 Å². The van der Waals surface area contributed by atoms with Crippen LogP contribution >= 0.6 is 11.8 Å². The molecule has 0 unspecified atom stereocenters. The number of amides is 1. The first-order valence-corrected chi connectivity index (χ1v) is 12.7. The number of ether oxygens (including phenoxy) is 3. The van der Waals surface area contributed by atoms with Crippen molar-refractivity contribution in [3.63, 3.8) is 0 Å². The van der Waals surface area contributed by atoms with E-state index in [4.69, 9.17) is 19.5 Å². The van der Waals surface area contributed by atoms with E-state index in [0.717, 1.165) is 22.4 Å². The van der Waals surface area contributed by atoms with Crippen molar-refractivity contribution >= 4 is 23.6 Å². The molecular weight excluding hydrogens is 470 g/mol. The van der Waals surface area contributed by atoms with Gasteiger partial charge in [0.1, 0.15) is 10.3 Å². The molecule has 3 heterocycles. The number of hydrogen-bond donors (Lipinski definition) is 1. The molecule has 1 spiro atoms. The van der Waals surface area contributed by atoms with E-state index < -0.39 is 16.1 Å². The summed E-state index contributed by atoms with van der Waals surface area (Å²) in [6.07, 6.45) is 1.58. The normalized spacial score (nSPS) is 28.5. The highest BCUT2D eigenvalue weighted by molar-refractivity contribution is 8.00. The van der Waals surface area contributed by atoms with E-state index in [1.807, 2.05) is 30.3 Å². The molecule has 3 atom stereocenters. The monoisotopic (exact) mass is 499 g/mol. The summed E-state index contributed by atoms with van der Waals surface area (Å²) in [6, 6.07) is 13.1. The number of piperidine rings is 1. The van der Waals surface area contributed by atoms with Crippen LogP contribution in [0.25, 0.3) is 0 Å². The molecular formula is C26H29NO7S. The van der Waals surface area contributed by atoms with Crippen molar-refractivity contribution in [2.24, 2.45) is 5.41 Å². The first-order chi connectivity index (χ1) is 16.9. The molecule has 2 bridgehead atoms. The van der Waals surface area contributed by atoms with Crippen molar-refractivity contribution in [3.8, 4) is 11.5 Å². The number of benzene rings is 2. The van der Waals surface area contributed by atoms with Crippen LogP contribution in [0, 0.1) is 5.41 Å². The minimum absolute atomic E-state index is 0.0548. The Morgan fingerprint density at radius 3 is 2.63 bits per heavy atom. The van der Waals surface area contributed by atoms with E-state index in [2.05, 4.69) is 11.8 Å². The standard InChI is InChI=1S/C26H29NO7S/c1-4-35-25-16-24(23(29)32-3)13-11-22(28)27(26(24,34-25)19-8-6-5-7-18(19)25)14-12-17-9-10-20(33-30)21(15-17)31-2/h5-10,15,30H,4,11-14,16H2,1-3H3/t24-,25-,26+/m1/s1. The minimum atomic E-state index is -1.23. The zero-order valence-corrected chi connectivity index (χ0v) is 20.9. The van der Waals surface area contributed by atoms with Gasteiger partial charge in [0.25, 0.3) is 0 Å². The summed E-state index contributed by atoms with van der Waals surface area (Å²) in [5, 5.41) is 9.05. The van der Waals surface area contributed by atoms with Gasteiger partial charge >= 0.3 is 5.97 Å². The predicted molar refractivity (Wildman–Crippen MR) is 129 cm³/mol. The highest BCUT2D eigenvalue weighted by Gasteiger charge is 2.79. The highest BCUT2D eigenvalue weighted by atomic mass is 32.2. The van der Waals surface area contributed by atoms with E-state index in [9.17, 15) is 9.59 Å². The minimum Gasteiger partial charge on any atom is -0.493 e. The number of likely N-dealkylation sites (tertiary alicyclic amines) is 1. The number of thioether (sulfide) groups is 1. The number of nitrogens with zero attached hydrogens (tertiary/aromatic N) is 1. The van der Waals surface area contributed by atoms with Gasteiger partial charge in [0.2, 0.25) is 11.7 Å². The molecule has 2 fully saturated rings. The van der Waals surface area contributed by atoms with Crippen LogP contribution in [-0.2, 0) is 36.1 Å². The molecule has 1 N–H and O–H groups in total. The van der Waals surface area contributed by atoms with Gasteiger partial charge in [-0.2, -0.15) is 0 Å². The van der Waals surface area contributed by atoms with Crippen molar-refractivity contribution in [1.82, 2.24) is 4.90 Å². The Balaban J connectivity index is 1.60. The molecule has 0 aliphatic carbocycles. The zero-order chi connectivity index (χ0) is 24.8. The summed E-state index contributed by atoms with van der Waals surface area (Å²) in [6.45, 7) is 2.40. The second-order valence-electron chi connectivity index (χ2n) is 9.10. The molecule has 2 aromatic rings. The van der Waals surface area contributed by atoms with Gasteiger partial charge in [-0.25, -0.2) is 5.26 Å². The van der Waals surface area contributed by atoms with Crippen molar-refractivity contribution in [2.45, 2.75) is 43.3 Å². The number of rotatable bonds is 8. The van der Waals surface area contributed by atoms with Crippen LogP contribution in [0.4, 0.5) is 0 Å². The number of carbonyl (C=O) groups excluding carboxylic acids is 2. The average molecular weight is 500 g/mol. The Kier molecular flexibility index (Phi) is 5.97. The maximum atomic E-state index is 13.5. The topological polar surface area (TPSA) is 94.5 Å². The zero-order valence-electron chi connectivity index (χ0n) is 20.0. The largest absolute Gasteiger partial charge is 0.493 e. The Hall–Kier alpha value is -2.75. The molecule has 186 valence electrons. The van der Waals surface area contributed by atoms with Gasteiger partial charge in [-0.1, -0.05) is 37.3 Å². The fourth-order valence-corrected chi connectivity index (χ4v) is 7.50. The van der Waals surface area contributed by atoms with Gasteiger partial charge in [0.05, 0.1) is 14.2 Å². The van der Waals surface area contributed by atoms with Gasteiger partial charge < -0.3 is 24.0 Å². The van der Waals surface area contributed by atoms with Crippen molar-refractivity contribution in [2.75, 3.05) is 26.5 Å². The van der Waals surface area contributed by atoms with Gasteiger partial charge in [-0.05, 0) is 36.3 Å². The summed E-state index contributed by atoms with van der Waals surface area (Å²) in [4.78, 5) is 32.4. The van der Waals surface area contributed by atoms with E-state index in [1.54, 1.807) is 28.8 Å². The summed E-state index contributed by atoms with van der Waals surface area (Å²) >= 11 is 1.66. The van der Waals surface area contributed by atoms with Crippen molar-refractivity contribution in [1.29, 1.82) is 0 Å². The first kappa shape index (κ1) is 24.0. The third-order valence-corrected chi connectivity index (χ3v) is 8.75. The SMILES string of the molecule is CCS[C@@]12C[C@@]3(C(=O)OC)CCC(=O)N(CCc4ccc(OO)c(OC)c4)[C@]3(O1)c1ccccc12. The third-order valence-electron chi connectivity index (χ3n) is 7.55. The molecule has 3 aliphatic rings. The lowest BCUT2D eigenvalue weighted by Gasteiger charge is -2.52. The first-order valence-electron chi connectivity index (χ1n) is 11.7. The highest BCUT2D eigenvalue weighted by Crippen LogP contribution is 2.73. The quantitative estimate of drug-likeness (QED) is 0.330. The Morgan fingerprint density at radius 2 is 1.94 bits per heavy atom. The average Bonchev–Trinajstić information content (AvgIpc) is 3.35. The molecule has 9 heteroatoms. The van der Waals surface area contributed by atoms with Gasteiger partial charge in [0, 0.05) is 30.5 Å². The number of fused-ring (bicyclic) bond motifs is 3.